The number of ketones is 1. The first-order valence-electron chi connectivity index (χ1n) is 7.92. The van der Waals surface area contributed by atoms with Gasteiger partial charge in [-0.15, -0.1) is 0 Å². The Bertz CT molecular complexity index is 674. The van der Waals surface area contributed by atoms with Crippen molar-refractivity contribution in [3.8, 4) is 0 Å². The van der Waals surface area contributed by atoms with E-state index in [0.29, 0.717) is 30.6 Å². The number of amides is 1. The minimum atomic E-state index is -0.431. The van der Waals surface area contributed by atoms with Crippen molar-refractivity contribution < 1.29 is 9.59 Å². The van der Waals surface area contributed by atoms with E-state index in [9.17, 15) is 14.4 Å². The molecule has 1 amide bonds. The second-order valence-electron chi connectivity index (χ2n) is 7.26. The van der Waals surface area contributed by atoms with Crippen molar-refractivity contribution in [1.29, 1.82) is 0 Å². The standard InChI is InChI=1S/C17H25N3O3/c1-17(2)9-13-11(14(21)10-17)8-12(16(23)19-13)15(22)18-6-5-7-20(3)4/h8H,5-7,9-10H2,1-4H3,(H,18,22)(H,19,23). The average Bonchev–Trinajstić information content (AvgIpc) is 2.41. The van der Waals surface area contributed by atoms with Crippen molar-refractivity contribution >= 4 is 11.7 Å². The van der Waals surface area contributed by atoms with Gasteiger partial charge in [-0.05, 0) is 45.0 Å². The molecule has 1 aromatic heterocycles. The van der Waals surface area contributed by atoms with Gasteiger partial charge in [-0.2, -0.15) is 0 Å². The zero-order chi connectivity index (χ0) is 17.2. The van der Waals surface area contributed by atoms with E-state index in [-0.39, 0.29) is 16.8 Å². The zero-order valence-electron chi connectivity index (χ0n) is 14.3. The van der Waals surface area contributed by atoms with Crippen LogP contribution in [-0.4, -0.2) is 48.8 Å². The molecule has 2 N–H and O–H groups in total. The predicted octanol–water partition coefficient (Wildman–Crippen LogP) is 1.21. The van der Waals surface area contributed by atoms with Gasteiger partial charge in [0.15, 0.2) is 5.78 Å². The lowest BCUT2D eigenvalue weighted by molar-refractivity contribution is 0.0910. The van der Waals surface area contributed by atoms with Gasteiger partial charge >= 0.3 is 0 Å². The van der Waals surface area contributed by atoms with Gasteiger partial charge in [0.25, 0.3) is 11.5 Å². The first-order chi connectivity index (χ1) is 10.7. The van der Waals surface area contributed by atoms with Gasteiger partial charge in [0.2, 0.25) is 0 Å². The Morgan fingerprint density at radius 2 is 2.00 bits per heavy atom. The first kappa shape index (κ1) is 17.4. The first-order valence-corrected chi connectivity index (χ1v) is 7.92. The van der Waals surface area contributed by atoms with E-state index in [1.807, 2.05) is 32.8 Å². The molecule has 6 heteroatoms. The molecule has 0 aliphatic heterocycles. The van der Waals surface area contributed by atoms with Crippen LogP contribution in [0.1, 0.15) is 53.1 Å². The highest BCUT2D eigenvalue weighted by molar-refractivity contribution is 6.02. The summed E-state index contributed by atoms with van der Waals surface area (Å²) in [5, 5.41) is 2.74. The number of hydrogen-bond acceptors (Lipinski definition) is 4. The maximum atomic E-state index is 12.3. The largest absolute Gasteiger partial charge is 0.352 e. The lowest BCUT2D eigenvalue weighted by Crippen LogP contribution is -2.35. The normalized spacial score (nSPS) is 16.3. The highest BCUT2D eigenvalue weighted by Crippen LogP contribution is 2.33. The number of fused-ring (bicyclic) bond motifs is 1. The minimum Gasteiger partial charge on any atom is -0.352 e. The molecular formula is C17H25N3O3. The highest BCUT2D eigenvalue weighted by Gasteiger charge is 2.32. The quantitative estimate of drug-likeness (QED) is 0.799. The topological polar surface area (TPSA) is 82.3 Å². The molecule has 1 aliphatic rings. The molecule has 0 aromatic carbocycles. The number of hydrogen-bond donors (Lipinski definition) is 2. The summed E-state index contributed by atoms with van der Waals surface area (Å²) in [5.41, 5.74) is 0.534. The van der Waals surface area contributed by atoms with Crippen LogP contribution in [-0.2, 0) is 6.42 Å². The van der Waals surface area contributed by atoms with Crippen LogP contribution in [0, 0.1) is 5.41 Å². The van der Waals surface area contributed by atoms with E-state index < -0.39 is 11.5 Å². The molecule has 1 aromatic rings. The van der Waals surface area contributed by atoms with E-state index >= 15 is 0 Å². The maximum Gasteiger partial charge on any atom is 0.261 e. The van der Waals surface area contributed by atoms with Crippen LogP contribution >= 0.6 is 0 Å². The van der Waals surface area contributed by atoms with Crippen LogP contribution in [0.15, 0.2) is 10.9 Å². The summed E-state index contributed by atoms with van der Waals surface area (Å²) in [7, 11) is 3.92. The van der Waals surface area contributed by atoms with E-state index in [1.54, 1.807) is 0 Å². The number of nitrogens with one attached hydrogen (secondary N) is 2. The number of carbonyl (C=O) groups is 2. The van der Waals surface area contributed by atoms with Crippen LogP contribution in [0.2, 0.25) is 0 Å². The molecular weight excluding hydrogens is 294 g/mol. The Morgan fingerprint density at radius 1 is 1.30 bits per heavy atom. The van der Waals surface area contributed by atoms with Crippen molar-refractivity contribution in [2.24, 2.45) is 5.41 Å². The average molecular weight is 319 g/mol. The number of rotatable bonds is 5. The predicted molar refractivity (Wildman–Crippen MR) is 89.0 cm³/mol. The third-order valence-corrected chi connectivity index (χ3v) is 4.03. The van der Waals surface area contributed by atoms with Crippen LogP contribution in [0.5, 0.6) is 0 Å². The molecule has 2 rings (SSSR count). The second-order valence-corrected chi connectivity index (χ2v) is 7.26. The third kappa shape index (κ3) is 4.28. The molecule has 1 aliphatic carbocycles. The van der Waals surface area contributed by atoms with Crippen molar-refractivity contribution in [2.75, 3.05) is 27.2 Å². The summed E-state index contributed by atoms with van der Waals surface area (Å²) in [6.07, 6.45) is 1.86. The number of aromatic amines is 1. The molecule has 0 radical (unpaired) electrons. The Labute approximate surface area is 136 Å². The van der Waals surface area contributed by atoms with Crippen LogP contribution in [0.3, 0.4) is 0 Å². The molecule has 126 valence electrons. The van der Waals surface area contributed by atoms with Crippen LogP contribution in [0.4, 0.5) is 0 Å². The van der Waals surface area contributed by atoms with E-state index in [2.05, 4.69) is 10.3 Å². The summed E-state index contributed by atoms with van der Waals surface area (Å²) in [6.45, 7) is 5.35. The Hall–Kier alpha value is -1.95. The lowest BCUT2D eigenvalue weighted by Gasteiger charge is -2.29. The molecule has 6 nitrogen and oxygen atoms in total. The monoisotopic (exact) mass is 319 g/mol. The summed E-state index contributed by atoms with van der Waals surface area (Å²) in [4.78, 5) is 41.3. The van der Waals surface area contributed by atoms with E-state index in [4.69, 9.17) is 0 Å². The molecule has 0 unspecified atom stereocenters. The maximum absolute atomic E-state index is 12.3. The van der Waals surface area contributed by atoms with Crippen molar-refractivity contribution in [2.45, 2.75) is 33.1 Å². The fourth-order valence-corrected chi connectivity index (χ4v) is 2.89. The highest BCUT2D eigenvalue weighted by atomic mass is 16.2. The second kappa shape index (κ2) is 6.66. The summed E-state index contributed by atoms with van der Waals surface area (Å²) >= 11 is 0. The third-order valence-electron chi connectivity index (χ3n) is 4.03. The summed E-state index contributed by atoms with van der Waals surface area (Å²) in [5.74, 6) is -0.445. The van der Waals surface area contributed by atoms with E-state index in [1.165, 1.54) is 6.07 Å². The van der Waals surface area contributed by atoms with Crippen LogP contribution < -0.4 is 10.9 Å². The number of pyridine rings is 1. The van der Waals surface area contributed by atoms with Gasteiger partial charge in [0.05, 0.1) is 0 Å². The molecule has 23 heavy (non-hydrogen) atoms. The van der Waals surface area contributed by atoms with Gasteiger partial charge in [-0.3, -0.25) is 14.4 Å². The Kier molecular flexibility index (Phi) is 5.04. The number of nitrogens with zero attached hydrogens (tertiary/aromatic N) is 1. The van der Waals surface area contributed by atoms with E-state index in [0.717, 1.165) is 13.0 Å². The molecule has 0 saturated carbocycles. The number of aromatic nitrogens is 1. The van der Waals surface area contributed by atoms with Crippen molar-refractivity contribution in [3.63, 3.8) is 0 Å². The molecule has 0 saturated heterocycles. The molecule has 0 bridgehead atoms. The number of Topliss-reactive ketones (excluding diaryl/α,β-unsaturated/α-hetero) is 1. The Morgan fingerprint density at radius 3 is 2.65 bits per heavy atom. The lowest BCUT2D eigenvalue weighted by atomic mass is 9.75. The van der Waals surface area contributed by atoms with Crippen molar-refractivity contribution in [3.05, 3.63) is 33.2 Å². The number of carbonyl (C=O) groups excluding carboxylic acids is 2. The van der Waals surface area contributed by atoms with Crippen LogP contribution in [0.25, 0.3) is 0 Å². The van der Waals surface area contributed by atoms with Gasteiger partial charge in [0, 0.05) is 24.2 Å². The minimum absolute atomic E-state index is 0.0154. The smallest absolute Gasteiger partial charge is 0.261 e. The molecule has 0 fully saturated rings. The van der Waals surface area contributed by atoms with Gasteiger partial charge in [0.1, 0.15) is 5.56 Å². The van der Waals surface area contributed by atoms with Crippen molar-refractivity contribution in [1.82, 2.24) is 15.2 Å². The van der Waals surface area contributed by atoms with Gasteiger partial charge in [-0.25, -0.2) is 0 Å². The zero-order valence-corrected chi connectivity index (χ0v) is 14.3. The number of H-pyrrole nitrogens is 1. The van der Waals surface area contributed by atoms with Gasteiger partial charge < -0.3 is 15.2 Å². The summed E-state index contributed by atoms with van der Waals surface area (Å²) in [6, 6.07) is 1.45. The SMILES string of the molecule is CN(C)CCCNC(=O)c1cc2c([nH]c1=O)CC(C)(C)CC2=O. The Balaban J connectivity index is 2.15. The molecule has 0 atom stereocenters. The molecule has 0 spiro atoms. The summed E-state index contributed by atoms with van der Waals surface area (Å²) < 4.78 is 0. The van der Waals surface area contributed by atoms with Gasteiger partial charge in [-0.1, -0.05) is 13.8 Å². The fourth-order valence-electron chi connectivity index (χ4n) is 2.89. The molecule has 1 heterocycles. The fraction of sp³-hybridized carbons (Fsp3) is 0.588.